The molecule has 0 aliphatic rings. The maximum absolute atomic E-state index is 10.1. The van der Waals surface area contributed by atoms with Crippen molar-refractivity contribution in [3.63, 3.8) is 0 Å². The number of methoxy groups -OCH3 is 1. The van der Waals surface area contributed by atoms with Crippen molar-refractivity contribution < 1.29 is 14.9 Å². The smallest absolute Gasteiger partial charge is 0.160 e. The molecule has 0 amide bonds. The summed E-state index contributed by atoms with van der Waals surface area (Å²) < 4.78 is 5.10. The fourth-order valence-corrected chi connectivity index (χ4v) is 2.65. The van der Waals surface area contributed by atoms with Gasteiger partial charge >= 0.3 is 0 Å². The lowest BCUT2D eigenvalue weighted by Crippen LogP contribution is -2.13. The van der Waals surface area contributed by atoms with Crippen LogP contribution in [0.3, 0.4) is 0 Å². The minimum atomic E-state index is -0.249. The normalized spacial score (nSPS) is 13.9. The molecule has 120 valence electrons. The van der Waals surface area contributed by atoms with Crippen molar-refractivity contribution in [3.8, 4) is 11.5 Å². The van der Waals surface area contributed by atoms with Crippen molar-refractivity contribution >= 4 is 0 Å². The lowest BCUT2D eigenvalue weighted by molar-refractivity contribution is 0.134. The number of aryl methyl sites for hydroxylation is 1. The number of aliphatic hydroxyl groups is 1. The lowest BCUT2D eigenvalue weighted by atomic mass is 9.94. The Labute approximate surface area is 129 Å². The van der Waals surface area contributed by atoms with Crippen LogP contribution in [-0.2, 0) is 6.42 Å². The molecule has 0 bridgehead atoms. The number of phenolic OH excluding ortho intramolecular Hbond substituents is 1. The minimum Gasteiger partial charge on any atom is -0.504 e. The monoisotopic (exact) mass is 294 g/mol. The van der Waals surface area contributed by atoms with Gasteiger partial charge in [-0.05, 0) is 42.9 Å². The SMILES string of the molecule is CCCCCC(C)CC(O)CCc1ccc(O)c(OC)c1. The first-order valence-electron chi connectivity index (χ1n) is 8.10. The second kappa shape index (κ2) is 9.67. The Hall–Kier alpha value is -1.22. The summed E-state index contributed by atoms with van der Waals surface area (Å²) in [5.74, 6) is 1.24. The summed E-state index contributed by atoms with van der Waals surface area (Å²) in [5.41, 5.74) is 1.09. The summed E-state index contributed by atoms with van der Waals surface area (Å²) in [4.78, 5) is 0. The average molecular weight is 294 g/mol. The molecule has 0 aliphatic carbocycles. The van der Waals surface area contributed by atoms with Crippen molar-refractivity contribution in [2.45, 2.75) is 64.9 Å². The minimum absolute atomic E-state index is 0.159. The molecule has 2 unspecified atom stereocenters. The van der Waals surface area contributed by atoms with Gasteiger partial charge in [-0.15, -0.1) is 0 Å². The van der Waals surface area contributed by atoms with Crippen LogP contribution >= 0.6 is 0 Å². The molecule has 0 radical (unpaired) electrons. The van der Waals surface area contributed by atoms with E-state index in [1.54, 1.807) is 13.2 Å². The van der Waals surface area contributed by atoms with Gasteiger partial charge in [0, 0.05) is 0 Å². The second-order valence-corrected chi connectivity index (χ2v) is 6.04. The fourth-order valence-electron chi connectivity index (χ4n) is 2.65. The van der Waals surface area contributed by atoms with Crippen LogP contribution in [-0.4, -0.2) is 23.4 Å². The largest absolute Gasteiger partial charge is 0.504 e. The number of aliphatic hydroxyl groups excluding tert-OH is 1. The van der Waals surface area contributed by atoms with Gasteiger partial charge in [-0.25, -0.2) is 0 Å². The van der Waals surface area contributed by atoms with Gasteiger partial charge in [-0.3, -0.25) is 0 Å². The van der Waals surface area contributed by atoms with Gasteiger partial charge in [0.15, 0.2) is 11.5 Å². The Morgan fingerprint density at radius 2 is 1.95 bits per heavy atom. The van der Waals surface area contributed by atoms with Gasteiger partial charge in [-0.1, -0.05) is 45.6 Å². The van der Waals surface area contributed by atoms with Crippen LogP contribution in [0.2, 0.25) is 0 Å². The Bertz CT molecular complexity index is 403. The molecule has 1 aromatic rings. The zero-order chi connectivity index (χ0) is 15.7. The highest BCUT2D eigenvalue weighted by atomic mass is 16.5. The Kier molecular flexibility index (Phi) is 8.21. The molecule has 1 rings (SSSR count). The summed E-state index contributed by atoms with van der Waals surface area (Å²) in [7, 11) is 1.55. The van der Waals surface area contributed by atoms with Gasteiger partial charge in [0.05, 0.1) is 13.2 Å². The molecule has 2 atom stereocenters. The third-order valence-electron chi connectivity index (χ3n) is 3.99. The molecule has 0 fully saturated rings. The molecule has 3 nitrogen and oxygen atoms in total. The molecular formula is C18H30O3. The molecule has 3 heteroatoms. The Morgan fingerprint density at radius 3 is 2.62 bits per heavy atom. The van der Waals surface area contributed by atoms with Gasteiger partial charge in [0.1, 0.15) is 0 Å². The highest BCUT2D eigenvalue weighted by Crippen LogP contribution is 2.27. The van der Waals surface area contributed by atoms with E-state index >= 15 is 0 Å². The molecule has 21 heavy (non-hydrogen) atoms. The van der Waals surface area contributed by atoms with Crippen molar-refractivity contribution in [3.05, 3.63) is 23.8 Å². The first-order valence-corrected chi connectivity index (χ1v) is 8.10. The molecule has 0 spiro atoms. The van der Waals surface area contributed by atoms with Gasteiger partial charge < -0.3 is 14.9 Å². The van der Waals surface area contributed by atoms with E-state index in [0.29, 0.717) is 11.7 Å². The highest BCUT2D eigenvalue weighted by Gasteiger charge is 2.11. The first-order chi connectivity index (χ1) is 10.1. The van der Waals surface area contributed by atoms with Gasteiger partial charge in [-0.2, -0.15) is 0 Å². The molecule has 0 aromatic heterocycles. The van der Waals surface area contributed by atoms with Crippen molar-refractivity contribution in [1.82, 2.24) is 0 Å². The number of hydrogen-bond donors (Lipinski definition) is 2. The predicted molar refractivity (Wildman–Crippen MR) is 86.9 cm³/mol. The van der Waals surface area contributed by atoms with E-state index in [2.05, 4.69) is 13.8 Å². The van der Waals surface area contributed by atoms with Crippen molar-refractivity contribution in [1.29, 1.82) is 0 Å². The van der Waals surface area contributed by atoms with Crippen molar-refractivity contribution in [2.24, 2.45) is 5.92 Å². The van der Waals surface area contributed by atoms with E-state index in [1.165, 1.54) is 25.7 Å². The first kappa shape index (κ1) is 17.8. The molecule has 2 N–H and O–H groups in total. The van der Waals surface area contributed by atoms with E-state index in [4.69, 9.17) is 4.74 Å². The maximum atomic E-state index is 10.1. The lowest BCUT2D eigenvalue weighted by Gasteiger charge is -2.16. The fraction of sp³-hybridized carbons (Fsp3) is 0.667. The van der Waals surface area contributed by atoms with Crippen LogP contribution in [0.15, 0.2) is 18.2 Å². The van der Waals surface area contributed by atoms with Gasteiger partial charge in [0.25, 0.3) is 0 Å². The maximum Gasteiger partial charge on any atom is 0.160 e. The summed E-state index contributed by atoms with van der Waals surface area (Å²) in [6, 6.07) is 5.37. The van der Waals surface area contributed by atoms with E-state index in [0.717, 1.165) is 24.8 Å². The van der Waals surface area contributed by atoms with Gasteiger partial charge in [0.2, 0.25) is 0 Å². The Balaban J connectivity index is 2.33. The van der Waals surface area contributed by atoms with Crippen LogP contribution in [0.5, 0.6) is 11.5 Å². The van der Waals surface area contributed by atoms with Crippen LogP contribution in [0.25, 0.3) is 0 Å². The summed E-state index contributed by atoms with van der Waals surface area (Å²) >= 11 is 0. The predicted octanol–water partition coefficient (Wildman–Crippen LogP) is 4.30. The number of aromatic hydroxyl groups is 1. The number of unbranched alkanes of at least 4 members (excludes halogenated alkanes) is 2. The number of benzene rings is 1. The number of hydrogen-bond acceptors (Lipinski definition) is 3. The molecule has 0 aliphatic heterocycles. The quantitative estimate of drug-likeness (QED) is 0.632. The zero-order valence-electron chi connectivity index (χ0n) is 13.6. The average Bonchev–Trinajstić information content (AvgIpc) is 2.46. The number of ether oxygens (including phenoxy) is 1. The molecule has 0 saturated carbocycles. The zero-order valence-corrected chi connectivity index (χ0v) is 13.6. The van der Waals surface area contributed by atoms with E-state index in [-0.39, 0.29) is 11.9 Å². The van der Waals surface area contributed by atoms with Crippen LogP contribution in [0, 0.1) is 5.92 Å². The van der Waals surface area contributed by atoms with E-state index in [1.807, 2.05) is 12.1 Å². The second-order valence-electron chi connectivity index (χ2n) is 6.04. The number of rotatable bonds is 10. The summed E-state index contributed by atoms with van der Waals surface area (Å²) in [6.07, 6.45) is 7.19. The topological polar surface area (TPSA) is 49.7 Å². The molecule has 0 saturated heterocycles. The molecule has 0 heterocycles. The molecular weight excluding hydrogens is 264 g/mol. The number of phenols is 1. The summed E-state index contributed by atoms with van der Waals surface area (Å²) in [6.45, 7) is 4.44. The third-order valence-corrected chi connectivity index (χ3v) is 3.99. The molecule has 1 aromatic carbocycles. The van der Waals surface area contributed by atoms with Crippen LogP contribution in [0.4, 0.5) is 0 Å². The van der Waals surface area contributed by atoms with Crippen molar-refractivity contribution in [2.75, 3.05) is 7.11 Å². The standard InChI is InChI=1S/C18H30O3/c1-4-5-6-7-14(2)12-16(19)10-8-15-9-11-17(20)18(13-15)21-3/h9,11,13-14,16,19-20H,4-8,10,12H2,1-3H3. The van der Waals surface area contributed by atoms with E-state index in [9.17, 15) is 10.2 Å². The van der Waals surface area contributed by atoms with Crippen LogP contribution < -0.4 is 4.74 Å². The summed E-state index contributed by atoms with van der Waals surface area (Å²) in [5, 5.41) is 19.7. The van der Waals surface area contributed by atoms with Crippen LogP contribution in [0.1, 0.15) is 57.9 Å². The third kappa shape index (κ3) is 6.85. The Morgan fingerprint density at radius 1 is 1.19 bits per heavy atom. The van der Waals surface area contributed by atoms with E-state index < -0.39 is 0 Å². The highest BCUT2D eigenvalue weighted by molar-refractivity contribution is 5.41.